The minimum atomic E-state index is 0.118. The second-order valence-corrected chi connectivity index (χ2v) is 16.5. The molecule has 0 amide bonds. The molecule has 2 nitrogen and oxygen atoms in total. The number of nitrogens with zero attached hydrogens (tertiary/aromatic N) is 2. The van der Waals surface area contributed by atoms with E-state index >= 15 is 0 Å². The zero-order chi connectivity index (χ0) is 28.3. The van der Waals surface area contributed by atoms with E-state index in [-0.39, 0.29) is 21.6 Å². The van der Waals surface area contributed by atoms with Gasteiger partial charge in [0.25, 0.3) is 0 Å². The molecule has 0 heterocycles. The molecule has 1 saturated carbocycles. The highest BCUT2D eigenvalue weighted by Crippen LogP contribution is 2.40. The summed E-state index contributed by atoms with van der Waals surface area (Å²) in [6.07, 6.45) is 8.89. The minimum Gasteiger partial charge on any atom is -0.287 e. The summed E-state index contributed by atoms with van der Waals surface area (Å²) in [5.41, 5.74) is 2.43. The van der Waals surface area contributed by atoms with Crippen molar-refractivity contribution in [2.75, 3.05) is 0 Å². The lowest BCUT2D eigenvalue weighted by Crippen LogP contribution is -2.27. The number of hydrogen-bond donors (Lipinski definition) is 0. The van der Waals surface area contributed by atoms with Crippen molar-refractivity contribution in [2.45, 2.75) is 98.6 Å². The second-order valence-electron chi connectivity index (χ2n) is 12.8. The predicted octanol–water partition coefficient (Wildman–Crippen LogP) is 10.6. The van der Waals surface area contributed by atoms with Gasteiger partial charge in [-0.05, 0) is 34.4 Å². The molecule has 0 spiro atoms. The Labute approximate surface area is 249 Å². The van der Waals surface area contributed by atoms with Crippen LogP contribution in [-0.2, 0) is 0 Å². The highest BCUT2D eigenvalue weighted by atomic mass is 32.2. The fourth-order valence-electron chi connectivity index (χ4n) is 5.35. The number of aliphatic imine (C=N–C) groups is 2. The first-order valence-corrected chi connectivity index (χ1v) is 16.2. The van der Waals surface area contributed by atoms with Crippen LogP contribution in [0.5, 0.6) is 0 Å². The quantitative estimate of drug-likeness (QED) is 0.171. The summed E-state index contributed by atoms with van der Waals surface area (Å²) < 4.78 is 0.236. The predicted molar refractivity (Wildman–Crippen MR) is 180 cm³/mol. The van der Waals surface area contributed by atoms with Gasteiger partial charge >= 0.3 is 0 Å². The first-order chi connectivity index (χ1) is 19.1. The van der Waals surface area contributed by atoms with Gasteiger partial charge in [-0.2, -0.15) is 0 Å². The van der Waals surface area contributed by atoms with Gasteiger partial charge in [0.2, 0.25) is 0 Å². The van der Waals surface area contributed by atoms with Crippen LogP contribution >= 0.6 is 23.5 Å². The molecule has 1 fully saturated rings. The highest BCUT2D eigenvalue weighted by Gasteiger charge is 2.24. The van der Waals surface area contributed by atoms with E-state index in [4.69, 9.17) is 9.98 Å². The Kier molecular flexibility index (Phi) is 8.78. The summed E-state index contributed by atoms with van der Waals surface area (Å²) in [5, 5.41) is 5.19. The van der Waals surface area contributed by atoms with Crippen molar-refractivity contribution < 1.29 is 0 Å². The van der Waals surface area contributed by atoms with Gasteiger partial charge in [0.05, 0.1) is 12.1 Å². The third kappa shape index (κ3) is 7.19. The zero-order valence-corrected chi connectivity index (χ0v) is 26.4. The van der Waals surface area contributed by atoms with Crippen LogP contribution in [0.1, 0.15) is 78.4 Å². The molecular weight excluding hydrogens is 525 g/mol. The van der Waals surface area contributed by atoms with Crippen LogP contribution in [0.2, 0.25) is 0 Å². The third-order valence-electron chi connectivity index (χ3n) is 7.14. The van der Waals surface area contributed by atoms with Gasteiger partial charge in [0.15, 0.2) is 0 Å². The molecule has 1 aliphatic rings. The van der Waals surface area contributed by atoms with Crippen LogP contribution in [-0.4, -0.2) is 34.0 Å². The molecular formula is C36H42N2S2. The molecule has 5 rings (SSSR count). The third-order valence-corrected chi connectivity index (χ3v) is 9.68. The lowest BCUT2D eigenvalue weighted by molar-refractivity contribution is 0.390. The Morgan fingerprint density at radius 1 is 0.575 bits per heavy atom. The van der Waals surface area contributed by atoms with Crippen LogP contribution in [0.3, 0.4) is 0 Å². The van der Waals surface area contributed by atoms with Gasteiger partial charge in [-0.15, -0.1) is 23.5 Å². The highest BCUT2D eigenvalue weighted by molar-refractivity contribution is 8.01. The molecule has 4 heteroatoms. The summed E-state index contributed by atoms with van der Waals surface area (Å²) in [5.74, 6) is 0. The molecule has 40 heavy (non-hydrogen) atoms. The standard InChI is InChI=1S/C36H42N2S2/c1-35(2,3)39-33-27(21-19-25-13-7-9-15-29(25)33)23-37-31-17-11-12-18-32(31)38-24-28-22-20-26-14-8-10-16-30(26)34(28)40-36(4,5)6/h7-10,13-16,19-24,31-32H,11-12,17-18H2,1-6H3. The molecule has 0 aliphatic heterocycles. The smallest absolute Gasteiger partial charge is 0.0723 e. The van der Waals surface area contributed by atoms with Gasteiger partial charge in [0.1, 0.15) is 0 Å². The molecule has 0 aromatic heterocycles. The summed E-state index contributed by atoms with van der Waals surface area (Å²) in [6, 6.07) is 26.8. The van der Waals surface area contributed by atoms with E-state index in [0.29, 0.717) is 0 Å². The van der Waals surface area contributed by atoms with E-state index in [1.54, 1.807) is 0 Å². The van der Waals surface area contributed by atoms with Crippen LogP contribution in [0.15, 0.2) is 92.6 Å². The number of benzene rings is 4. The molecule has 4 aromatic carbocycles. The second kappa shape index (κ2) is 12.1. The Morgan fingerprint density at radius 2 is 0.975 bits per heavy atom. The van der Waals surface area contributed by atoms with E-state index in [9.17, 15) is 0 Å². The number of hydrogen-bond acceptors (Lipinski definition) is 4. The number of thioether (sulfide) groups is 2. The molecule has 2 unspecified atom stereocenters. The molecule has 0 radical (unpaired) electrons. The summed E-state index contributed by atoms with van der Waals surface area (Å²) >= 11 is 3.87. The van der Waals surface area contributed by atoms with E-state index in [2.05, 4.69) is 127 Å². The molecule has 0 saturated heterocycles. The molecule has 4 aromatic rings. The maximum atomic E-state index is 5.22. The first kappa shape index (κ1) is 29.0. The summed E-state index contributed by atoms with van der Waals surface area (Å²) in [6.45, 7) is 13.7. The topological polar surface area (TPSA) is 24.7 Å². The van der Waals surface area contributed by atoms with Crippen molar-refractivity contribution in [3.8, 4) is 0 Å². The molecule has 208 valence electrons. The average Bonchev–Trinajstić information content (AvgIpc) is 2.91. The Balaban J connectivity index is 1.45. The minimum absolute atomic E-state index is 0.118. The van der Waals surface area contributed by atoms with Crippen molar-refractivity contribution in [1.82, 2.24) is 0 Å². The molecule has 2 atom stereocenters. The maximum absolute atomic E-state index is 5.22. The van der Waals surface area contributed by atoms with E-state index in [0.717, 1.165) is 12.8 Å². The van der Waals surface area contributed by atoms with Crippen LogP contribution in [0.4, 0.5) is 0 Å². The SMILES string of the molecule is CC(C)(C)Sc1c(C=NC2CCCCC2N=Cc2ccc3ccccc3c2SC(C)(C)C)ccc2ccccc12. The van der Waals surface area contributed by atoms with Gasteiger partial charge in [0, 0.05) is 42.8 Å². The number of rotatable bonds is 6. The normalized spacial score (nSPS) is 18.9. The molecule has 0 N–H and O–H groups in total. The molecule has 0 bridgehead atoms. The lowest BCUT2D eigenvalue weighted by Gasteiger charge is -2.26. The Morgan fingerprint density at radius 3 is 1.38 bits per heavy atom. The summed E-state index contributed by atoms with van der Waals surface area (Å²) in [4.78, 5) is 13.1. The van der Waals surface area contributed by atoms with Gasteiger partial charge in [-0.25, -0.2) is 0 Å². The Hall–Kier alpha value is -2.56. The van der Waals surface area contributed by atoms with E-state index in [1.165, 1.54) is 55.3 Å². The van der Waals surface area contributed by atoms with Crippen molar-refractivity contribution in [3.05, 3.63) is 83.9 Å². The van der Waals surface area contributed by atoms with E-state index in [1.807, 2.05) is 23.5 Å². The first-order valence-electron chi connectivity index (χ1n) is 14.6. The van der Waals surface area contributed by atoms with Crippen molar-refractivity contribution in [3.63, 3.8) is 0 Å². The van der Waals surface area contributed by atoms with Gasteiger partial charge < -0.3 is 0 Å². The largest absolute Gasteiger partial charge is 0.287 e. The van der Waals surface area contributed by atoms with Gasteiger partial charge in [-0.3, -0.25) is 9.98 Å². The van der Waals surface area contributed by atoms with Gasteiger partial charge in [-0.1, -0.05) is 127 Å². The molecule has 1 aliphatic carbocycles. The van der Waals surface area contributed by atoms with Crippen molar-refractivity contribution in [2.24, 2.45) is 9.98 Å². The van der Waals surface area contributed by atoms with Crippen LogP contribution in [0.25, 0.3) is 21.5 Å². The average molecular weight is 567 g/mol. The van der Waals surface area contributed by atoms with Crippen molar-refractivity contribution in [1.29, 1.82) is 0 Å². The van der Waals surface area contributed by atoms with Crippen molar-refractivity contribution >= 4 is 57.5 Å². The fourth-order valence-corrected chi connectivity index (χ4v) is 7.65. The fraction of sp³-hybridized carbons (Fsp3) is 0.389. The van der Waals surface area contributed by atoms with Crippen LogP contribution in [0, 0.1) is 0 Å². The lowest BCUT2D eigenvalue weighted by atomic mass is 9.91. The summed E-state index contributed by atoms with van der Waals surface area (Å²) in [7, 11) is 0. The van der Waals surface area contributed by atoms with E-state index < -0.39 is 0 Å². The van der Waals surface area contributed by atoms with Crippen LogP contribution < -0.4 is 0 Å². The maximum Gasteiger partial charge on any atom is 0.0723 e. The monoisotopic (exact) mass is 566 g/mol. The Bertz CT molecular complexity index is 1420. The zero-order valence-electron chi connectivity index (χ0n) is 24.8. The number of fused-ring (bicyclic) bond motifs is 2.